The molecule has 3 aliphatic carbocycles. The average Bonchev–Trinajstić information content (AvgIpc) is 3.43. The quantitative estimate of drug-likeness (QED) is 0.558. The van der Waals surface area contributed by atoms with Crippen LogP contribution in [0.15, 0.2) is 36.4 Å². The number of fused-ring (bicyclic) bond motifs is 6. The Morgan fingerprint density at radius 1 is 1.14 bits per heavy atom. The van der Waals surface area contributed by atoms with Crippen molar-refractivity contribution in [1.29, 1.82) is 0 Å². The van der Waals surface area contributed by atoms with Gasteiger partial charge in [-0.3, -0.25) is 9.59 Å². The molecule has 2 fully saturated rings. The number of carbonyl (C=O) groups excluding carboxylic acids is 2. The Morgan fingerprint density at radius 3 is 2.81 bits per heavy atom. The van der Waals surface area contributed by atoms with Crippen LogP contribution >= 0.6 is 0 Å². The van der Waals surface area contributed by atoms with Gasteiger partial charge in [0.15, 0.2) is 11.5 Å². The van der Waals surface area contributed by atoms with Crippen LogP contribution in [0.2, 0.25) is 0 Å². The molecule has 2 saturated carbocycles. The normalized spacial score (nSPS) is 29.8. The lowest BCUT2D eigenvalue weighted by Crippen LogP contribution is -2.44. The second-order valence-corrected chi connectivity index (χ2v) is 11.2. The van der Waals surface area contributed by atoms with Gasteiger partial charge in [-0.1, -0.05) is 25.1 Å². The van der Waals surface area contributed by atoms with Gasteiger partial charge >= 0.3 is 7.12 Å². The van der Waals surface area contributed by atoms with Crippen LogP contribution in [0.5, 0.6) is 11.5 Å². The maximum atomic E-state index is 13.2. The van der Waals surface area contributed by atoms with Crippen LogP contribution in [0.3, 0.4) is 0 Å². The second kappa shape index (κ2) is 8.92. The minimum atomic E-state index is -1.46. The molecule has 1 amide bonds. The van der Waals surface area contributed by atoms with Crippen molar-refractivity contribution in [3.8, 4) is 11.5 Å². The summed E-state index contributed by atoms with van der Waals surface area (Å²) in [6.07, 6.45) is 5.38. The molecule has 188 valence electrons. The number of benzene rings is 2. The third-order valence-corrected chi connectivity index (χ3v) is 9.29. The number of ketones is 1. The van der Waals surface area contributed by atoms with E-state index < -0.39 is 7.12 Å². The van der Waals surface area contributed by atoms with Gasteiger partial charge in [-0.05, 0) is 84.5 Å². The third kappa shape index (κ3) is 3.91. The lowest BCUT2D eigenvalue weighted by molar-refractivity contribution is -0.129. The van der Waals surface area contributed by atoms with Crippen LogP contribution in [0.25, 0.3) is 0 Å². The Hall–Kier alpha value is -2.84. The number of aryl methyl sites for hydroxylation is 1. The Labute approximate surface area is 211 Å². The van der Waals surface area contributed by atoms with Crippen LogP contribution in [-0.4, -0.2) is 35.6 Å². The fourth-order valence-electron chi connectivity index (χ4n) is 7.60. The molecular weight excluding hydrogens is 457 g/mol. The monoisotopic (exact) mass is 489 g/mol. The second-order valence-electron chi connectivity index (χ2n) is 11.2. The molecule has 0 aromatic heterocycles. The summed E-state index contributed by atoms with van der Waals surface area (Å²) in [5.41, 5.74) is 3.42. The van der Waals surface area contributed by atoms with Crippen molar-refractivity contribution in [1.82, 2.24) is 0 Å². The lowest BCUT2D eigenvalue weighted by Gasteiger charge is -2.50. The zero-order valence-corrected chi connectivity index (χ0v) is 20.5. The van der Waals surface area contributed by atoms with Gasteiger partial charge in [0.1, 0.15) is 5.78 Å². The zero-order valence-electron chi connectivity index (χ0n) is 20.5. The lowest BCUT2D eigenvalue weighted by atomic mass is 9.53. The topological polar surface area (TPSA) is 105 Å². The van der Waals surface area contributed by atoms with Crippen LogP contribution < -0.4 is 20.3 Å². The minimum Gasteiger partial charge on any atom is -0.454 e. The van der Waals surface area contributed by atoms with E-state index in [-0.39, 0.29) is 30.0 Å². The van der Waals surface area contributed by atoms with E-state index in [4.69, 9.17) is 9.47 Å². The highest BCUT2D eigenvalue weighted by atomic mass is 16.7. The van der Waals surface area contributed by atoms with Crippen LogP contribution in [0.4, 0.5) is 5.69 Å². The van der Waals surface area contributed by atoms with Gasteiger partial charge in [0, 0.05) is 30.0 Å². The molecule has 1 heterocycles. The van der Waals surface area contributed by atoms with Gasteiger partial charge in [0.25, 0.3) is 0 Å². The largest absolute Gasteiger partial charge is 0.488 e. The maximum Gasteiger partial charge on any atom is 0.488 e. The van der Waals surface area contributed by atoms with E-state index in [1.54, 1.807) is 12.1 Å². The number of rotatable bonds is 5. The Morgan fingerprint density at radius 2 is 1.97 bits per heavy atom. The van der Waals surface area contributed by atoms with Crippen LogP contribution in [-0.2, 0) is 16.0 Å². The molecule has 2 aromatic rings. The number of hydrogen-bond donors (Lipinski definition) is 3. The first kappa shape index (κ1) is 23.6. The molecule has 2 aromatic carbocycles. The molecule has 0 radical (unpaired) electrons. The molecule has 0 saturated heterocycles. The smallest absolute Gasteiger partial charge is 0.454 e. The van der Waals surface area contributed by atoms with E-state index in [1.165, 1.54) is 11.1 Å². The van der Waals surface area contributed by atoms with Gasteiger partial charge in [-0.15, -0.1) is 0 Å². The summed E-state index contributed by atoms with van der Waals surface area (Å²) in [6.45, 7) is 2.35. The molecule has 8 heteroatoms. The van der Waals surface area contributed by atoms with Crippen molar-refractivity contribution >= 4 is 30.0 Å². The molecule has 5 atom stereocenters. The molecule has 1 aliphatic heterocycles. The summed E-state index contributed by atoms with van der Waals surface area (Å²) in [5, 5.41) is 22.2. The first-order valence-electron chi connectivity index (χ1n) is 13.0. The first-order chi connectivity index (χ1) is 17.3. The average molecular weight is 489 g/mol. The zero-order chi connectivity index (χ0) is 25.0. The number of nitrogens with one attached hydrogen (secondary N) is 1. The predicted octanol–water partition coefficient (Wildman–Crippen LogP) is 3.17. The van der Waals surface area contributed by atoms with Crippen molar-refractivity contribution in [2.75, 3.05) is 12.1 Å². The fourth-order valence-corrected chi connectivity index (χ4v) is 7.60. The summed E-state index contributed by atoms with van der Waals surface area (Å²) in [6, 6.07) is 11.2. The van der Waals surface area contributed by atoms with E-state index in [0.717, 1.165) is 25.7 Å². The van der Waals surface area contributed by atoms with Crippen LogP contribution in [0, 0.1) is 23.2 Å². The number of ether oxygens (including phenoxy) is 2. The molecule has 7 nitrogen and oxygen atoms in total. The Bertz CT molecular complexity index is 1210. The summed E-state index contributed by atoms with van der Waals surface area (Å²) < 4.78 is 10.7. The molecule has 4 aliphatic rings. The van der Waals surface area contributed by atoms with E-state index in [2.05, 4.69) is 18.3 Å². The number of Topliss-reactive ketones (excluding diaryl/α,β-unsaturated/α-hetero) is 1. The van der Waals surface area contributed by atoms with Crippen molar-refractivity contribution < 1.29 is 29.1 Å². The van der Waals surface area contributed by atoms with Gasteiger partial charge in [0.05, 0.1) is 0 Å². The summed E-state index contributed by atoms with van der Waals surface area (Å²) in [7, 11) is -1.46. The standard InChI is InChI=1S/C28H32BNO6/c1-28-11-10-21-20-7-4-18(29(33)34)12-16(20)2-6-22(21)27(28)17(13-25(28)31)3-9-26(32)30-19-5-8-23-24(14-19)36-15-35-23/h4-5,7-8,12,14,17,21-22,27,33-34H,2-3,6,9-11,13,15H2,1H3,(H,30,32)/t17-,21?,22?,27?,28-/m1/s1. The van der Waals surface area contributed by atoms with E-state index in [9.17, 15) is 19.6 Å². The predicted molar refractivity (Wildman–Crippen MR) is 135 cm³/mol. The van der Waals surface area contributed by atoms with Crippen molar-refractivity contribution in [3.05, 3.63) is 47.5 Å². The number of carbonyl (C=O) groups is 2. The summed E-state index contributed by atoms with van der Waals surface area (Å²) >= 11 is 0. The van der Waals surface area contributed by atoms with Crippen LogP contribution in [0.1, 0.15) is 62.5 Å². The molecule has 0 bridgehead atoms. The van der Waals surface area contributed by atoms with Gasteiger partial charge in [-0.25, -0.2) is 0 Å². The number of hydrogen-bond acceptors (Lipinski definition) is 6. The molecule has 0 spiro atoms. The molecule has 36 heavy (non-hydrogen) atoms. The number of anilines is 1. The Kier molecular flexibility index (Phi) is 5.84. The summed E-state index contributed by atoms with van der Waals surface area (Å²) in [4.78, 5) is 26.1. The maximum absolute atomic E-state index is 13.2. The SMILES string of the molecule is C[C@]12CCC3c4ccc(B(O)O)cc4CCC3C1[C@H](CCC(=O)Nc1ccc3c(c1)OCO3)CC2=O. The van der Waals surface area contributed by atoms with Gasteiger partial charge in [-0.2, -0.15) is 0 Å². The van der Waals surface area contributed by atoms with Gasteiger partial charge in [0.2, 0.25) is 12.7 Å². The van der Waals surface area contributed by atoms with Crippen molar-refractivity contribution in [3.63, 3.8) is 0 Å². The Balaban J connectivity index is 1.17. The van der Waals surface area contributed by atoms with Crippen molar-refractivity contribution in [2.45, 2.75) is 57.8 Å². The summed E-state index contributed by atoms with van der Waals surface area (Å²) in [5.74, 6) is 2.90. The fraction of sp³-hybridized carbons (Fsp3) is 0.500. The third-order valence-electron chi connectivity index (χ3n) is 9.29. The van der Waals surface area contributed by atoms with Crippen molar-refractivity contribution in [2.24, 2.45) is 23.2 Å². The number of amides is 1. The minimum absolute atomic E-state index is 0.0497. The van der Waals surface area contributed by atoms with Gasteiger partial charge < -0.3 is 24.8 Å². The molecular formula is C28H32BNO6. The van der Waals surface area contributed by atoms with E-state index >= 15 is 0 Å². The highest BCUT2D eigenvalue weighted by Gasteiger charge is 2.58. The molecule has 3 unspecified atom stereocenters. The van der Waals surface area contributed by atoms with E-state index in [1.807, 2.05) is 18.2 Å². The molecule has 6 rings (SSSR count). The first-order valence-corrected chi connectivity index (χ1v) is 13.0. The molecule has 3 N–H and O–H groups in total. The highest BCUT2D eigenvalue weighted by molar-refractivity contribution is 6.58. The highest BCUT2D eigenvalue weighted by Crippen LogP contribution is 2.62. The van der Waals surface area contributed by atoms with E-state index in [0.29, 0.717) is 59.5 Å².